The lowest BCUT2D eigenvalue weighted by Gasteiger charge is -2.25. The van der Waals surface area contributed by atoms with Crippen LogP contribution >= 0.6 is 11.3 Å². The Labute approximate surface area is 125 Å². The number of nitrogens with zero attached hydrogens (tertiary/aromatic N) is 2. The van der Waals surface area contributed by atoms with Crippen molar-refractivity contribution in [1.82, 2.24) is 10.3 Å². The molecule has 0 aliphatic rings. The summed E-state index contributed by atoms with van der Waals surface area (Å²) in [4.78, 5) is 4.36. The van der Waals surface area contributed by atoms with E-state index in [0.717, 1.165) is 30.8 Å². The Balaban J connectivity index is 2.29. The number of amidine groups is 1. The number of hydrogen-bond donors (Lipinski definition) is 3. The van der Waals surface area contributed by atoms with Crippen LogP contribution in [0.3, 0.4) is 0 Å². The molecule has 0 fully saturated rings. The first-order valence-electron chi connectivity index (χ1n) is 6.92. The summed E-state index contributed by atoms with van der Waals surface area (Å²) in [6.45, 7) is 9.21. The highest BCUT2D eigenvalue weighted by molar-refractivity contribution is 7.09. The van der Waals surface area contributed by atoms with Crippen LogP contribution in [0.1, 0.15) is 52.0 Å². The quantitative estimate of drug-likeness (QED) is 0.226. The second-order valence-electron chi connectivity index (χ2n) is 6.22. The molecule has 0 amide bonds. The first-order valence-corrected chi connectivity index (χ1v) is 7.80. The summed E-state index contributed by atoms with van der Waals surface area (Å²) in [5.74, 6) is 0.300. The van der Waals surface area contributed by atoms with Crippen LogP contribution in [0.4, 0.5) is 0 Å². The molecule has 0 aromatic carbocycles. The number of nitrogens with two attached hydrogens (primary N) is 1. The molecule has 0 aliphatic carbocycles. The molecule has 0 atom stereocenters. The minimum absolute atomic E-state index is 0.0880. The zero-order valence-electron chi connectivity index (χ0n) is 12.8. The van der Waals surface area contributed by atoms with Gasteiger partial charge in [-0.15, -0.1) is 11.3 Å². The summed E-state index contributed by atoms with van der Waals surface area (Å²) in [6.07, 6.45) is 4.83. The van der Waals surface area contributed by atoms with Crippen molar-refractivity contribution < 1.29 is 5.21 Å². The lowest BCUT2D eigenvalue weighted by molar-refractivity contribution is 0.303. The Morgan fingerprint density at radius 2 is 2.10 bits per heavy atom. The molecule has 1 rings (SSSR count). The van der Waals surface area contributed by atoms with E-state index in [4.69, 9.17) is 10.9 Å². The molecule has 1 aromatic heterocycles. The fourth-order valence-electron chi connectivity index (χ4n) is 1.96. The number of aromatic nitrogens is 1. The van der Waals surface area contributed by atoms with Crippen molar-refractivity contribution in [2.45, 2.75) is 52.5 Å². The summed E-state index contributed by atoms with van der Waals surface area (Å²) in [6, 6.07) is 0. The molecule has 5 nitrogen and oxygen atoms in total. The SMILES string of the molecule is CC(C)(CCCCNC(C)(C)c1nccs1)/C(N)=N/O. The van der Waals surface area contributed by atoms with Gasteiger partial charge in [0.2, 0.25) is 0 Å². The first kappa shape index (κ1) is 16.9. The molecule has 114 valence electrons. The van der Waals surface area contributed by atoms with E-state index in [2.05, 4.69) is 29.3 Å². The van der Waals surface area contributed by atoms with E-state index in [1.54, 1.807) is 11.3 Å². The number of hydrogen-bond acceptors (Lipinski definition) is 5. The molecular weight excluding hydrogens is 272 g/mol. The summed E-state index contributed by atoms with van der Waals surface area (Å²) in [7, 11) is 0. The lowest BCUT2D eigenvalue weighted by Crippen LogP contribution is -2.37. The molecule has 20 heavy (non-hydrogen) atoms. The third-order valence-corrected chi connectivity index (χ3v) is 4.66. The fraction of sp³-hybridized carbons (Fsp3) is 0.714. The van der Waals surface area contributed by atoms with Gasteiger partial charge in [0, 0.05) is 17.0 Å². The average Bonchev–Trinajstić information content (AvgIpc) is 2.91. The molecule has 0 radical (unpaired) electrons. The molecule has 6 heteroatoms. The average molecular weight is 298 g/mol. The smallest absolute Gasteiger partial charge is 0.144 e. The Morgan fingerprint density at radius 1 is 1.40 bits per heavy atom. The van der Waals surface area contributed by atoms with Gasteiger partial charge in [-0.3, -0.25) is 0 Å². The van der Waals surface area contributed by atoms with E-state index in [1.165, 1.54) is 0 Å². The van der Waals surface area contributed by atoms with Gasteiger partial charge in [-0.2, -0.15) is 0 Å². The molecular formula is C14H26N4OS. The summed E-state index contributed by atoms with van der Waals surface area (Å²) >= 11 is 1.67. The lowest BCUT2D eigenvalue weighted by atomic mass is 9.86. The maximum atomic E-state index is 8.73. The Hall–Kier alpha value is -1.14. The van der Waals surface area contributed by atoms with Gasteiger partial charge in [-0.05, 0) is 33.2 Å². The second kappa shape index (κ2) is 7.04. The van der Waals surface area contributed by atoms with Crippen molar-refractivity contribution in [1.29, 1.82) is 0 Å². The van der Waals surface area contributed by atoms with Gasteiger partial charge in [-0.1, -0.05) is 25.4 Å². The molecule has 0 saturated heterocycles. The highest BCUT2D eigenvalue weighted by Gasteiger charge is 2.24. The topological polar surface area (TPSA) is 83.5 Å². The Bertz CT molecular complexity index is 426. The zero-order chi connectivity index (χ0) is 15.2. The van der Waals surface area contributed by atoms with E-state index >= 15 is 0 Å². The molecule has 0 spiro atoms. The summed E-state index contributed by atoms with van der Waals surface area (Å²) < 4.78 is 0. The third kappa shape index (κ3) is 4.76. The maximum Gasteiger partial charge on any atom is 0.144 e. The summed E-state index contributed by atoms with van der Waals surface area (Å²) in [5, 5.41) is 18.5. The van der Waals surface area contributed by atoms with Gasteiger partial charge >= 0.3 is 0 Å². The number of oxime groups is 1. The molecule has 1 aromatic rings. The van der Waals surface area contributed by atoms with Crippen molar-refractivity contribution in [3.8, 4) is 0 Å². The van der Waals surface area contributed by atoms with Gasteiger partial charge in [0.05, 0.1) is 5.54 Å². The molecule has 1 heterocycles. The minimum Gasteiger partial charge on any atom is -0.409 e. The predicted molar refractivity (Wildman–Crippen MR) is 84.2 cm³/mol. The summed E-state index contributed by atoms with van der Waals surface area (Å²) in [5.41, 5.74) is 5.34. The zero-order valence-corrected chi connectivity index (χ0v) is 13.6. The number of nitrogens with one attached hydrogen (secondary N) is 1. The number of unbranched alkanes of at least 4 members (excludes halogenated alkanes) is 1. The second-order valence-corrected chi connectivity index (χ2v) is 7.11. The highest BCUT2D eigenvalue weighted by Crippen LogP contribution is 2.24. The number of thiazole rings is 1. The maximum absolute atomic E-state index is 8.73. The van der Waals surface area contributed by atoms with Crippen LogP contribution in [-0.4, -0.2) is 22.6 Å². The van der Waals surface area contributed by atoms with Crippen LogP contribution in [0, 0.1) is 5.41 Å². The van der Waals surface area contributed by atoms with Crippen LogP contribution in [0.25, 0.3) is 0 Å². The van der Waals surface area contributed by atoms with Gasteiger partial charge in [0.1, 0.15) is 10.8 Å². The van der Waals surface area contributed by atoms with Crippen LogP contribution in [-0.2, 0) is 5.54 Å². The standard InChI is InChI=1S/C14H26N4OS/c1-13(2,11(15)18-19)7-5-6-8-17-14(3,4)12-16-9-10-20-12/h9-10,17,19H,5-8H2,1-4H3,(H2,15,18). The van der Waals surface area contributed by atoms with E-state index < -0.39 is 0 Å². The van der Waals surface area contributed by atoms with Crippen molar-refractivity contribution in [2.75, 3.05) is 6.54 Å². The van der Waals surface area contributed by atoms with Gasteiger partial charge < -0.3 is 16.3 Å². The molecule has 4 N–H and O–H groups in total. The molecule has 0 bridgehead atoms. The fourth-order valence-corrected chi connectivity index (χ4v) is 2.70. The van der Waals surface area contributed by atoms with Crippen molar-refractivity contribution in [2.24, 2.45) is 16.3 Å². The van der Waals surface area contributed by atoms with Crippen molar-refractivity contribution >= 4 is 17.2 Å². The largest absolute Gasteiger partial charge is 0.409 e. The van der Waals surface area contributed by atoms with Crippen molar-refractivity contribution in [3.05, 3.63) is 16.6 Å². The molecule has 0 saturated carbocycles. The van der Waals surface area contributed by atoms with E-state index in [1.807, 2.05) is 25.4 Å². The third-order valence-electron chi connectivity index (χ3n) is 3.56. The predicted octanol–water partition coefficient (Wildman–Crippen LogP) is 2.91. The van der Waals surface area contributed by atoms with Gasteiger partial charge in [0.15, 0.2) is 0 Å². The molecule has 0 unspecified atom stereocenters. The monoisotopic (exact) mass is 298 g/mol. The van der Waals surface area contributed by atoms with Crippen molar-refractivity contribution in [3.63, 3.8) is 0 Å². The van der Waals surface area contributed by atoms with E-state index in [9.17, 15) is 0 Å². The van der Waals surface area contributed by atoms with Crippen LogP contribution in [0.5, 0.6) is 0 Å². The minimum atomic E-state index is -0.250. The van der Waals surface area contributed by atoms with Gasteiger partial charge in [-0.25, -0.2) is 4.98 Å². The van der Waals surface area contributed by atoms with E-state index in [0.29, 0.717) is 5.84 Å². The van der Waals surface area contributed by atoms with E-state index in [-0.39, 0.29) is 11.0 Å². The first-order chi connectivity index (χ1) is 9.29. The van der Waals surface area contributed by atoms with Crippen LogP contribution in [0.2, 0.25) is 0 Å². The van der Waals surface area contributed by atoms with Crippen LogP contribution in [0.15, 0.2) is 16.7 Å². The highest BCUT2D eigenvalue weighted by atomic mass is 32.1. The van der Waals surface area contributed by atoms with Crippen LogP contribution < -0.4 is 11.1 Å². The number of rotatable bonds is 8. The van der Waals surface area contributed by atoms with Gasteiger partial charge in [0.25, 0.3) is 0 Å². The Morgan fingerprint density at radius 3 is 2.65 bits per heavy atom. The normalized spacial score (nSPS) is 13.7. The molecule has 0 aliphatic heterocycles. The Kier molecular flexibility index (Phi) is 5.95.